The molecule has 0 saturated heterocycles. The molecule has 1 aromatic carbocycles. The van der Waals surface area contributed by atoms with Crippen molar-refractivity contribution in [3.8, 4) is 0 Å². The summed E-state index contributed by atoms with van der Waals surface area (Å²) >= 11 is 5.90. The molecule has 6 heteroatoms. The number of sulfone groups is 1. The van der Waals surface area contributed by atoms with Gasteiger partial charge in [-0.1, -0.05) is 29.8 Å². The highest BCUT2D eigenvalue weighted by molar-refractivity contribution is 7.92. The van der Waals surface area contributed by atoms with Gasteiger partial charge in [-0.2, -0.15) is 0 Å². The van der Waals surface area contributed by atoms with Crippen LogP contribution < -0.4 is 0 Å². The lowest BCUT2D eigenvalue weighted by atomic mass is 10.2. The summed E-state index contributed by atoms with van der Waals surface area (Å²) in [7, 11) is -3.72. The van der Waals surface area contributed by atoms with Crippen LogP contribution in [0.2, 0.25) is 5.02 Å². The van der Waals surface area contributed by atoms with Crippen molar-refractivity contribution in [3.05, 3.63) is 34.9 Å². The van der Waals surface area contributed by atoms with Crippen LogP contribution in [0.15, 0.2) is 24.3 Å². The maximum Gasteiger partial charge on any atom is 0.322 e. The maximum absolute atomic E-state index is 12.1. The molecule has 1 saturated carbocycles. The van der Waals surface area contributed by atoms with E-state index in [-0.39, 0.29) is 11.7 Å². The third-order valence-corrected chi connectivity index (χ3v) is 5.44. The van der Waals surface area contributed by atoms with E-state index >= 15 is 0 Å². The van der Waals surface area contributed by atoms with Gasteiger partial charge in [0.1, 0.15) is 0 Å². The second kappa shape index (κ2) is 4.90. The molecule has 0 amide bonds. The largest absolute Gasteiger partial charge is 0.480 e. The molecule has 1 aliphatic rings. The molecule has 0 bridgehead atoms. The standard InChI is InChI=1S/C12H13ClO4S/c13-10-4-2-1-3-9(10)7-18(16,17)11(12(14)15)8-5-6-8/h1-4,8,11H,5-7H2,(H,14,15). The Morgan fingerprint density at radius 3 is 2.50 bits per heavy atom. The number of carboxylic acid groups (broad SMARTS) is 1. The topological polar surface area (TPSA) is 71.4 Å². The lowest BCUT2D eigenvalue weighted by Gasteiger charge is -2.13. The number of aliphatic carboxylic acids is 1. The average molecular weight is 289 g/mol. The molecular formula is C12H13ClO4S. The first kappa shape index (κ1) is 13.4. The molecule has 1 atom stereocenters. The van der Waals surface area contributed by atoms with E-state index in [9.17, 15) is 13.2 Å². The van der Waals surface area contributed by atoms with Crippen LogP contribution in [0.3, 0.4) is 0 Å². The van der Waals surface area contributed by atoms with Gasteiger partial charge in [0.05, 0.1) is 5.75 Å². The highest BCUT2D eigenvalue weighted by Crippen LogP contribution is 2.37. The SMILES string of the molecule is O=C(O)C(C1CC1)S(=O)(=O)Cc1ccccc1Cl. The van der Waals surface area contributed by atoms with E-state index in [0.29, 0.717) is 23.4 Å². The van der Waals surface area contributed by atoms with Crippen LogP contribution in [0, 0.1) is 5.92 Å². The van der Waals surface area contributed by atoms with E-state index in [1.807, 2.05) is 0 Å². The van der Waals surface area contributed by atoms with E-state index in [1.165, 1.54) is 0 Å². The first-order valence-corrected chi connectivity index (χ1v) is 7.69. The Kier molecular flexibility index (Phi) is 3.64. The highest BCUT2D eigenvalue weighted by Gasteiger charge is 2.45. The van der Waals surface area contributed by atoms with Crippen LogP contribution in [0.4, 0.5) is 0 Å². The van der Waals surface area contributed by atoms with Crippen molar-refractivity contribution in [2.45, 2.75) is 23.8 Å². The van der Waals surface area contributed by atoms with Gasteiger partial charge in [-0.05, 0) is 30.4 Å². The molecular weight excluding hydrogens is 276 g/mol. The molecule has 0 aromatic heterocycles. The van der Waals surface area contributed by atoms with Gasteiger partial charge in [0.2, 0.25) is 0 Å². The molecule has 0 spiro atoms. The fourth-order valence-corrected chi connectivity index (χ4v) is 4.28. The van der Waals surface area contributed by atoms with Gasteiger partial charge in [-0.15, -0.1) is 0 Å². The van der Waals surface area contributed by atoms with Gasteiger partial charge in [0.25, 0.3) is 0 Å². The number of carbonyl (C=O) groups is 1. The number of hydrogen-bond acceptors (Lipinski definition) is 3. The Hall–Kier alpha value is -1.07. The van der Waals surface area contributed by atoms with E-state index < -0.39 is 21.1 Å². The molecule has 98 valence electrons. The van der Waals surface area contributed by atoms with Gasteiger partial charge in [0, 0.05) is 5.02 Å². The predicted molar refractivity (Wildman–Crippen MR) is 68.2 cm³/mol. The molecule has 1 N–H and O–H groups in total. The first-order chi connectivity index (χ1) is 8.42. The van der Waals surface area contributed by atoms with Gasteiger partial charge >= 0.3 is 5.97 Å². The Labute approximate surface area is 110 Å². The Morgan fingerprint density at radius 2 is 2.00 bits per heavy atom. The molecule has 18 heavy (non-hydrogen) atoms. The summed E-state index contributed by atoms with van der Waals surface area (Å²) in [6.07, 6.45) is 1.33. The Bertz CT molecular complexity index is 563. The van der Waals surface area contributed by atoms with Gasteiger partial charge in [-0.3, -0.25) is 4.79 Å². The van der Waals surface area contributed by atoms with E-state index in [4.69, 9.17) is 16.7 Å². The van der Waals surface area contributed by atoms with Crippen molar-refractivity contribution in [3.63, 3.8) is 0 Å². The quantitative estimate of drug-likeness (QED) is 0.901. The van der Waals surface area contributed by atoms with Gasteiger partial charge in [-0.25, -0.2) is 8.42 Å². The van der Waals surface area contributed by atoms with Gasteiger partial charge < -0.3 is 5.11 Å². The minimum Gasteiger partial charge on any atom is -0.480 e. The van der Waals surface area contributed by atoms with Crippen LogP contribution in [-0.2, 0) is 20.4 Å². The Balaban J connectivity index is 2.26. The minimum absolute atomic E-state index is 0.241. The molecule has 0 heterocycles. The normalized spacial score (nSPS) is 17.4. The van der Waals surface area contributed by atoms with Gasteiger partial charge in [0.15, 0.2) is 15.1 Å². The molecule has 2 rings (SSSR count). The van der Waals surface area contributed by atoms with Crippen LogP contribution in [0.5, 0.6) is 0 Å². The summed E-state index contributed by atoms with van der Waals surface area (Å²) < 4.78 is 24.3. The lowest BCUT2D eigenvalue weighted by molar-refractivity contribution is -0.136. The summed E-state index contributed by atoms with van der Waals surface area (Å²) in [5.41, 5.74) is 0.450. The average Bonchev–Trinajstić information content (AvgIpc) is 3.04. The number of benzene rings is 1. The lowest BCUT2D eigenvalue weighted by Crippen LogP contribution is -2.33. The fraction of sp³-hybridized carbons (Fsp3) is 0.417. The molecule has 4 nitrogen and oxygen atoms in total. The van der Waals surface area contributed by atoms with Crippen molar-refractivity contribution >= 4 is 27.4 Å². The third-order valence-electron chi connectivity index (χ3n) is 2.99. The van der Waals surface area contributed by atoms with Crippen LogP contribution in [-0.4, -0.2) is 24.7 Å². The highest BCUT2D eigenvalue weighted by atomic mass is 35.5. The fourth-order valence-electron chi connectivity index (χ4n) is 1.97. The Morgan fingerprint density at radius 1 is 1.39 bits per heavy atom. The third kappa shape index (κ3) is 2.84. The van der Waals surface area contributed by atoms with Crippen LogP contribution in [0.1, 0.15) is 18.4 Å². The zero-order valence-corrected chi connectivity index (χ0v) is 11.1. The zero-order chi connectivity index (χ0) is 13.3. The summed E-state index contributed by atoms with van der Waals surface area (Å²) in [5.74, 6) is -1.82. The number of halogens is 1. The summed E-state index contributed by atoms with van der Waals surface area (Å²) in [5, 5.41) is 8.11. The summed E-state index contributed by atoms with van der Waals surface area (Å²) in [6.45, 7) is 0. The number of rotatable bonds is 5. The molecule has 1 fully saturated rings. The molecule has 1 aromatic rings. The first-order valence-electron chi connectivity index (χ1n) is 5.59. The second-order valence-corrected chi connectivity index (χ2v) is 7.02. The van der Waals surface area contributed by atoms with Crippen LogP contribution in [0.25, 0.3) is 0 Å². The molecule has 0 radical (unpaired) electrons. The minimum atomic E-state index is -3.72. The second-order valence-electron chi connectivity index (χ2n) is 4.49. The summed E-state index contributed by atoms with van der Waals surface area (Å²) in [4.78, 5) is 11.1. The zero-order valence-electron chi connectivity index (χ0n) is 9.54. The van der Waals surface area contributed by atoms with Crippen molar-refractivity contribution in [1.82, 2.24) is 0 Å². The van der Waals surface area contributed by atoms with Crippen LogP contribution >= 0.6 is 11.6 Å². The van der Waals surface area contributed by atoms with Crippen molar-refractivity contribution in [2.75, 3.05) is 0 Å². The monoisotopic (exact) mass is 288 g/mol. The molecule has 0 aliphatic heterocycles. The molecule has 1 unspecified atom stereocenters. The smallest absolute Gasteiger partial charge is 0.322 e. The van der Waals surface area contributed by atoms with E-state index in [2.05, 4.69) is 0 Å². The molecule has 1 aliphatic carbocycles. The van der Waals surface area contributed by atoms with Crippen molar-refractivity contribution in [1.29, 1.82) is 0 Å². The van der Waals surface area contributed by atoms with E-state index in [1.54, 1.807) is 24.3 Å². The number of hydrogen-bond donors (Lipinski definition) is 1. The number of carboxylic acids is 1. The maximum atomic E-state index is 12.1. The van der Waals surface area contributed by atoms with Crippen molar-refractivity contribution < 1.29 is 18.3 Å². The van der Waals surface area contributed by atoms with Crippen molar-refractivity contribution in [2.24, 2.45) is 5.92 Å². The predicted octanol–water partition coefficient (Wildman–Crippen LogP) is 2.12. The summed E-state index contributed by atoms with van der Waals surface area (Å²) in [6, 6.07) is 6.59. The van der Waals surface area contributed by atoms with E-state index in [0.717, 1.165) is 0 Å².